The predicted molar refractivity (Wildman–Crippen MR) is 148 cm³/mol. The SMILES string of the molecule is c1ccc2c(c1)N(c1ncncn1)C(=C1N(c3ncncn3)c3ccccc3N1c1ncncn1)N2c1ncncn1. The lowest BCUT2D eigenvalue weighted by Gasteiger charge is -2.30. The molecule has 2 aliphatic rings. The molecule has 2 aliphatic heterocycles. The van der Waals surface area contributed by atoms with Gasteiger partial charge in [0.25, 0.3) is 0 Å². The van der Waals surface area contributed by atoms with Gasteiger partial charge >= 0.3 is 0 Å². The third-order valence-corrected chi connectivity index (χ3v) is 6.49. The first kappa shape index (κ1) is 23.3. The van der Waals surface area contributed by atoms with E-state index in [0.717, 1.165) is 22.7 Å². The zero-order valence-corrected chi connectivity index (χ0v) is 21.4. The smallest absolute Gasteiger partial charge is 0.238 e. The van der Waals surface area contributed by atoms with Gasteiger partial charge < -0.3 is 0 Å². The monoisotopic (exact) mass is 552 g/mol. The molecule has 6 aromatic rings. The Balaban J connectivity index is 1.53. The Morgan fingerprint density at radius 3 is 0.738 bits per heavy atom. The summed E-state index contributed by atoms with van der Waals surface area (Å²) < 4.78 is 0. The minimum absolute atomic E-state index is 0.360. The zero-order chi connectivity index (χ0) is 27.9. The van der Waals surface area contributed by atoms with E-state index in [9.17, 15) is 0 Å². The van der Waals surface area contributed by atoms with Crippen molar-refractivity contribution in [2.75, 3.05) is 19.6 Å². The molecule has 0 fully saturated rings. The van der Waals surface area contributed by atoms with Crippen LogP contribution in [0.15, 0.2) is 111 Å². The van der Waals surface area contributed by atoms with Gasteiger partial charge in [0.1, 0.15) is 50.6 Å². The number of para-hydroxylation sites is 4. The van der Waals surface area contributed by atoms with E-state index in [2.05, 4.69) is 59.8 Å². The molecule has 0 atom stereocenters. The van der Waals surface area contributed by atoms with Crippen molar-refractivity contribution in [2.45, 2.75) is 0 Å². The maximum atomic E-state index is 4.52. The van der Waals surface area contributed by atoms with Crippen molar-refractivity contribution in [3.8, 4) is 0 Å². The Bertz CT molecular complexity index is 1630. The van der Waals surface area contributed by atoms with Crippen LogP contribution in [0.1, 0.15) is 0 Å². The number of fused-ring (bicyclic) bond motifs is 2. The largest absolute Gasteiger partial charge is 0.259 e. The highest BCUT2D eigenvalue weighted by Gasteiger charge is 2.46. The van der Waals surface area contributed by atoms with Crippen LogP contribution in [-0.4, -0.2) is 59.8 Å². The van der Waals surface area contributed by atoms with Gasteiger partial charge in [-0.15, -0.1) is 0 Å². The number of aromatic nitrogens is 12. The number of benzene rings is 2. The molecule has 6 heterocycles. The first-order chi connectivity index (χ1) is 20.9. The summed E-state index contributed by atoms with van der Waals surface area (Å²) in [5, 5.41) is 0. The topological polar surface area (TPSA) is 168 Å². The predicted octanol–water partition coefficient (Wildman–Crippen LogP) is 2.83. The number of hydrogen-bond donors (Lipinski definition) is 0. The minimum atomic E-state index is 0.360. The molecular weight excluding hydrogens is 536 g/mol. The van der Waals surface area contributed by atoms with Crippen LogP contribution < -0.4 is 19.6 Å². The molecule has 0 radical (unpaired) electrons. The molecule has 0 saturated carbocycles. The molecule has 42 heavy (non-hydrogen) atoms. The minimum Gasteiger partial charge on any atom is -0.259 e. The van der Waals surface area contributed by atoms with Gasteiger partial charge in [-0.3, -0.25) is 19.6 Å². The van der Waals surface area contributed by atoms with Gasteiger partial charge in [0, 0.05) is 0 Å². The maximum absolute atomic E-state index is 4.52. The molecule has 0 spiro atoms. The van der Waals surface area contributed by atoms with E-state index < -0.39 is 0 Å². The molecule has 8 rings (SSSR count). The summed E-state index contributed by atoms with van der Waals surface area (Å²) in [6, 6.07) is 15.6. The molecule has 0 aliphatic carbocycles. The molecule has 0 N–H and O–H groups in total. The van der Waals surface area contributed by atoms with Crippen molar-refractivity contribution in [2.24, 2.45) is 0 Å². The summed E-state index contributed by atoms with van der Waals surface area (Å²) in [6.07, 6.45) is 11.5. The lowest BCUT2D eigenvalue weighted by atomic mass is 10.2. The van der Waals surface area contributed by atoms with Gasteiger partial charge in [0.2, 0.25) is 23.8 Å². The van der Waals surface area contributed by atoms with Crippen molar-refractivity contribution in [3.05, 3.63) is 111 Å². The first-order valence-corrected chi connectivity index (χ1v) is 12.5. The summed E-state index contributed by atoms with van der Waals surface area (Å²) in [5.74, 6) is 2.53. The average Bonchev–Trinajstić information content (AvgIpc) is 3.59. The lowest BCUT2D eigenvalue weighted by Crippen LogP contribution is -2.35. The van der Waals surface area contributed by atoms with Crippen LogP contribution in [0, 0.1) is 0 Å². The highest BCUT2D eigenvalue weighted by molar-refractivity contribution is 5.97. The van der Waals surface area contributed by atoms with Crippen LogP contribution in [0.3, 0.4) is 0 Å². The summed E-state index contributed by atoms with van der Waals surface area (Å²) in [6.45, 7) is 0. The molecule has 16 heteroatoms. The molecule has 0 unspecified atom stereocenters. The number of hydrogen-bond acceptors (Lipinski definition) is 16. The van der Waals surface area contributed by atoms with Gasteiger partial charge in [-0.05, 0) is 24.3 Å². The number of rotatable bonds is 4. The fraction of sp³-hybridized carbons (Fsp3) is 0. The molecule has 2 aromatic carbocycles. The van der Waals surface area contributed by atoms with E-state index in [0.29, 0.717) is 35.4 Å². The van der Waals surface area contributed by atoms with Crippen LogP contribution in [0.4, 0.5) is 46.5 Å². The van der Waals surface area contributed by atoms with Gasteiger partial charge in [-0.2, -0.15) is 0 Å². The summed E-state index contributed by atoms with van der Waals surface area (Å²) >= 11 is 0. The van der Waals surface area contributed by atoms with Crippen LogP contribution >= 0.6 is 0 Å². The third-order valence-electron chi connectivity index (χ3n) is 6.49. The third kappa shape index (κ3) is 3.55. The average molecular weight is 553 g/mol. The van der Waals surface area contributed by atoms with E-state index in [-0.39, 0.29) is 0 Å². The Hall–Kier alpha value is -6.58. The second-order valence-corrected chi connectivity index (χ2v) is 8.72. The second kappa shape index (κ2) is 9.56. The Morgan fingerprint density at radius 2 is 0.524 bits per heavy atom. The van der Waals surface area contributed by atoms with Crippen molar-refractivity contribution >= 4 is 46.5 Å². The van der Waals surface area contributed by atoms with E-state index in [1.54, 1.807) is 0 Å². The van der Waals surface area contributed by atoms with E-state index >= 15 is 0 Å². The van der Waals surface area contributed by atoms with E-state index in [4.69, 9.17) is 0 Å². The van der Waals surface area contributed by atoms with Gasteiger partial charge in [0.05, 0.1) is 22.7 Å². The van der Waals surface area contributed by atoms with Gasteiger partial charge in [-0.25, -0.2) is 59.8 Å². The second-order valence-electron chi connectivity index (χ2n) is 8.72. The summed E-state index contributed by atoms with van der Waals surface area (Å²) in [4.78, 5) is 59.9. The van der Waals surface area contributed by atoms with Gasteiger partial charge in [-0.1, -0.05) is 24.3 Å². The lowest BCUT2D eigenvalue weighted by molar-refractivity contribution is 0.889. The highest BCUT2D eigenvalue weighted by atomic mass is 15.5. The molecule has 0 amide bonds. The normalized spacial score (nSPS) is 13.9. The first-order valence-electron chi connectivity index (χ1n) is 12.5. The van der Waals surface area contributed by atoms with Crippen LogP contribution in [0.2, 0.25) is 0 Å². The van der Waals surface area contributed by atoms with Gasteiger partial charge in [0.15, 0.2) is 11.6 Å². The molecule has 4 aromatic heterocycles. The van der Waals surface area contributed by atoms with E-state index in [1.807, 2.05) is 68.1 Å². The molecule has 16 nitrogen and oxygen atoms in total. The summed E-state index contributed by atoms with van der Waals surface area (Å²) in [5.41, 5.74) is 3.09. The Morgan fingerprint density at radius 1 is 0.310 bits per heavy atom. The number of nitrogens with zero attached hydrogens (tertiary/aromatic N) is 16. The van der Waals surface area contributed by atoms with Crippen molar-refractivity contribution in [1.82, 2.24) is 59.8 Å². The molecular formula is C26H16N16. The standard InChI is InChI=1S/C26H16N16/c1-2-6-18-17(5-1)39(23-31-9-27-10-32-23)21(40(18)24-33-11-28-12-34-24)22-41(25-35-13-29-14-36-25)19-7-3-4-8-20(19)42(22)26-37-15-30-16-38-26/h1-16H. The highest BCUT2D eigenvalue weighted by Crippen LogP contribution is 2.54. The zero-order valence-electron chi connectivity index (χ0n) is 21.4. The fourth-order valence-electron chi connectivity index (χ4n) is 4.95. The Kier molecular flexibility index (Phi) is 5.31. The fourth-order valence-corrected chi connectivity index (χ4v) is 4.95. The van der Waals surface area contributed by atoms with Crippen LogP contribution in [0.25, 0.3) is 0 Å². The van der Waals surface area contributed by atoms with Crippen molar-refractivity contribution in [1.29, 1.82) is 0 Å². The molecule has 200 valence electrons. The van der Waals surface area contributed by atoms with Crippen molar-refractivity contribution in [3.63, 3.8) is 0 Å². The number of anilines is 8. The van der Waals surface area contributed by atoms with Crippen LogP contribution in [-0.2, 0) is 0 Å². The quantitative estimate of drug-likeness (QED) is 0.313. The van der Waals surface area contributed by atoms with Crippen LogP contribution in [0.5, 0.6) is 0 Å². The molecule has 0 bridgehead atoms. The van der Waals surface area contributed by atoms with Crippen molar-refractivity contribution < 1.29 is 0 Å². The van der Waals surface area contributed by atoms with E-state index in [1.165, 1.54) is 50.6 Å². The maximum Gasteiger partial charge on any atom is 0.238 e. The Labute approximate surface area is 236 Å². The molecule has 0 saturated heterocycles. The summed E-state index contributed by atoms with van der Waals surface area (Å²) in [7, 11) is 0.